The van der Waals surface area contributed by atoms with Crippen LogP contribution in [0.4, 0.5) is 0 Å². The van der Waals surface area contributed by atoms with Gasteiger partial charge in [-0.2, -0.15) is 4.98 Å². The van der Waals surface area contributed by atoms with Crippen LogP contribution < -0.4 is 5.32 Å². The first kappa shape index (κ1) is 18.6. The number of benzene rings is 1. The zero-order valence-electron chi connectivity index (χ0n) is 15.7. The van der Waals surface area contributed by atoms with Crippen LogP contribution >= 0.6 is 0 Å². The molecule has 1 amide bonds. The highest BCUT2D eigenvalue weighted by molar-refractivity contribution is 5.78. The minimum Gasteiger partial charge on any atom is -0.340 e. The monoisotopic (exact) mass is 356 g/mol. The molecule has 6 heteroatoms. The molecule has 1 aromatic carbocycles. The summed E-state index contributed by atoms with van der Waals surface area (Å²) in [5.74, 6) is 1.35. The van der Waals surface area contributed by atoms with Crippen molar-refractivity contribution in [1.29, 1.82) is 0 Å². The fourth-order valence-corrected chi connectivity index (χ4v) is 3.67. The lowest BCUT2D eigenvalue weighted by Gasteiger charge is -2.36. The van der Waals surface area contributed by atoms with E-state index in [4.69, 9.17) is 4.52 Å². The Morgan fingerprint density at radius 1 is 1.23 bits per heavy atom. The summed E-state index contributed by atoms with van der Waals surface area (Å²) >= 11 is 0. The summed E-state index contributed by atoms with van der Waals surface area (Å²) in [6, 6.07) is 10.1. The molecule has 0 bridgehead atoms. The van der Waals surface area contributed by atoms with Crippen LogP contribution in [-0.2, 0) is 16.9 Å². The van der Waals surface area contributed by atoms with Gasteiger partial charge in [0.25, 0.3) is 0 Å². The van der Waals surface area contributed by atoms with E-state index in [0.717, 1.165) is 31.2 Å². The molecule has 140 valence electrons. The Hall–Kier alpha value is -2.21. The second-order valence-corrected chi connectivity index (χ2v) is 7.03. The molecule has 2 aromatic rings. The molecule has 26 heavy (non-hydrogen) atoms. The number of likely N-dealkylation sites (N-methyl/N-ethyl adjacent to an activating group) is 1. The largest absolute Gasteiger partial charge is 0.340 e. The highest BCUT2D eigenvalue weighted by Crippen LogP contribution is 2.35. The van der Waals surface area contributed by atoms with Gasteiger partial charge >= 0.3 is 0 Å². The van der Waals surface area contributed by atoms with Gasteiger partial charge in [-0.1, -0.05) is 54.8 Å². The highest BCUT2D eigenvalue weighted by Gasteiger charge is 2.38. The Bertz CT molecular complexity index is 708. The number of aromatic nitrogens is 2. The van der Waals surface area contributed by atoms with E-state index in [0.29, 0.717) is 24.8 Å². The summed E-state index contributed by atoms with van der Waals surface area (Å²) in [5.41, 5.74) is 0.793. The van der Waals surface area contributed by atoms with Crippen molar-refractivity contribution >= 4 is 5.91 Å². The van der Waals surface area contributed by atoms with Gasteiger partial charge in [-0.25, -0.2) is 0 Å². The van der Waals surface area contributed by atoms with Gasteiger partial charge in [-0.3, -0.25) is 10.1 Å². The van der Waals surface area contributed by atoms with Crippen molar-refractivity contribution in [2.24, 2.45) is 0 Å². The van der Waals surface area contributed by atoms with Crippen molar-refractivity contribution in [2.45, 2.75) is 58.0 Å². The molecule has 0 unspecified atom stereocenters. The molecule has 1 aromatic heterocycles. The van der Waals surface area contributed by atoms with Crippen molar-refractivity contribution < 1.29 is 9.32 Å². The average Bonchev–Trinajstić information content (AvgIpc) is 3.13. The number of carbonyl (C=O) groups excluding carboxylic acids is 1. The third kappa shape index (κ3) is 4.30. The molecule has 1 heterocycles. The number of rotatable bonds is 7. The third-order valence-electron chi connectivity index (χ3n) is 5.19. The van der Waals surface area contributed by atoms with E-state index in [1.54, 1.807) is 6.92 Å². The molecule has 0 aliphatic heterocycles. The minimum absolute atomic E-state index is 0.0986. The number of nitrogens with zero attached hydrogens (tertiary/aromatic N) is 3. The number of aryl methyl sites for hydroxylation is 1. The van der Waals surface area contributed by atoms with Crippen LogP contribution in [0.5, 0.6) is 0 Å². The number of hydrogen-bond acceptors (Lipinski definition) is 5. The summed E-state index contributed by atoms with van der Waals surface area (Å²) in [6.07, 6.45) is 5.30. The smallest absolute Gasteiger partial charge is 0.236 e. The minimum atomic E-state index is -0.349. The predicted molar refractivity (Wildman–Crippen MR) is 99.3 cm³/mol. The molecular weight excluding hydrogens is 328 g/mol. The molecule has 0 saturated heterocycles. The molecule has 1 aliphatic carbocycles. The van der Waals surface area contributed by atoms with Crippen LogP contribution in [0, 0.1) is 6.92 Å². The average molecular weight is 356 g/mol. The van der Waals surface area contributed by atoms with Crippen molar-refractivity contribution in [3.8, 4) is 0 Å². The molecule has 1 saturated carbocycles. The van der Waals surface area contributed by atoms with E-state index in [9.17, 15) is 4.79 Å². The van der Waals surface area contributed by atoms with Gasteiger partial charge in [0.15, 0.2) is 5.82 Å². The van der Waals surface area contributed by atoms with Crippen molar-refractivity contribution in [3.05, 3.63) is 47.6 Å². The van der Waals surface area contributed by atoms with Crippen LogP contribution in [-0.4, -0.2) is 34.0 Å². The van der Waals surface area contributed by atoms with Gasteiger partial charge in [-0.05, 0) is 25.3 Å². The summed E-state index contributed by atoms with van der Waals surface area (Å²) in [5, 5.41) is 7.64. The maximum Gasteiger partial charge on any atom is 0.236 e. The first-order valence-corrected chi connectivity index (χ1v) is 9.50. The Morgan fingerprint density at radius 2 is 1.96 bits per heavy atom. The third-order valence-corrected chi connectivity index (χ3v) is 5.19. The van der Waals surface area contributed by atoms with Crippen molar-refractivity contribution in [1.82, 2.24) is 20.4 Å². The topological polar surface area (TPSA) is 71.3 Å². The number of nitrogens with one attached hydrogen (secondary N) is 1. The molecule has 0 spiro atoms. The van der Waals surface area contributed by atoms with E-state index >= 15 is 0 Å². The Morgan fingerprint density at radius 3 is 2.58 bits per heavy atom. The first-order chi connectivity index (χ1) is 12.6. The summed E-state index contributed by atoms with van der Waals surface area (Å²) < 4.78 is 5.20. The standard InChI is InChI=1S/C20H28N4O2/c1-3-24(15-17-10-6-4-7-11-17)18(25)14-21-20(12-8-5-9-13-20)19-22-16(2)26-23-19/h4,6-7,10-11,21H,3,5,8-9,12-15H2,1-2H3. The maximum atomic E-state index is 12.8. The lowest BCUT2D eigenvalue weighted by Crippen LogP contribution is -2.49. The Kier molecular flexibility index (Phi) is 6.04. The van der Waals surface area contributed by atoms with Gasteiger partial charge in [0.2, 0.25) is 11.8 Å². The van der Waals surface area contributed by atoms with Crippen LogP contribution in [0.1, 0.15) is 56.3 Å². The van der Waals surface area contributed by atoms with Gasteiger partial charge < -0.3 is 9.42 Å². The highest BCUT2D eigenvalue weighted by atomic mass is 16.5. The van der Waals surface area contributed by atoms with Crippen LogP contribution in [0.2, 0.25) is 0 Å². The number of hydrogen-bond donors (Lipinski definition) is 1. The fourth-order valence-electron chi connectivity index (χ4n) is 3.67. The van der Waals surface area contributed by atoms with Gasteiger partial charge in [0.1, 0.15) is 0 Å². The van der Waals surface area contributed by atoms with E-state index in [2.05, 4.69) is 15.5 Å². The number of carbonyl (C=O) groups is 1. The fraction of sp³-hybridized carbons (Fsp3) is 0.550. The van der Waals surface area contributed by atoms with Crippen LogP contribution in [0.15, 0.2) is 34.9 Å². The zero-order chi connectivity index (χ0) is 18.4. The molecule has 1 aliphatic rings. The number of amides is 1. The van der Waals surface area contributed by atoms with Gasteiger partial charge in [0, 0.05) is 20.0 Å². The normalized spacial score (nSPS) is 16.4. The Labute approximate surface area is 155 Å². The molecule has 1 N–H and O–H groups in total. The van der Waals surface area contributed by atoms with E-state index in [-0.39, 0.29) is 18.0 Å². The SMILES string of the molecule is CCN(Cc1ccccc1)C(=O)CNC1(c2noc(C)n2)CCCCC1. The second kappa shape index (κ2) is 8.45. The van der Waals surface area contributed by atoms with Crippen molar-refractivity contribution in [2.75, 3.05) is 13.1 Å². The molecule has 3 rings (SSSR count). The van der Waals surface area contributed by atoms with Crippen LogP contribution in [0.25, 0.3) is 0 Å². The first-order valence-electron chi connectivity index (χ1n) is 9.50. The summed E-state index contributed by atoms with van der Waals surface area (Å²) in [4.78, 5) is 19.1. The van der Waals surface area contributed by atoms with Gasteiger partial charge in [-0.15, -0.1) is 0 Å². The molecule has 0 radical (unpaired) electrons. The van der Waals surface area contributed by atoms with E-state index < -0.39 is 0 Å². The predicted octanol–water partition coefficient (Wildman–Crippen LogP) is 3.18. The quantitative estimate of drug-likeness (QED) is 0.825. The van der Waals surface area contributed by atoms with Gasteiger partial charge in [0.05, 0.1) is 12.1 Å². The lowest BCUT2D eigenvalue weighted by molar-refractivity contribution is -0.131. The lowest BCUT2D eigenvalue weighted by atomic mass is 9.81. The molecular formula is C20H28N4O2. The van der Waals surface area contributed by atoms with E-state index in [1.807, 2.05) is 42.2 Å². The summed E-state index contributed by atoms with van der Waals surface area (Å²) in [7, 11) is 0. The molecule has 6 nitrogen and oxygen atoms in total. The van der Waals surface area contributed by atoms with E-state index in [1.165, 1.54) is 6.42 Å². The second-order valence-electron chi connectivity index (χ2n) is 7.03. The van der Waals surface area contributed by atoms with Crippen LogP contribution in [0.3, 0.4) is 0 Å². The van der Waals surface area contributed by atoms with Crippen molar-refractivity contribution in [3.63, 3.8) is 0 Å². The molecule has 1 fully saturated rings. The Balaban J connectivity index is 1.66. The summed E-state index contributed by atoms with van der Waals surface area (Å²) in [6.45, 7) is 5.42. The zero-order valence-corrected chi connectivity index (χ0v) is 15.7. The maximum absolute atomic E-state index is 12.8. The molecule has 0 atom stereocenters.